The number of rotatable bonds is 4. The number of hydrogen-bond donors (Lipinski definition) is 0. The minimum absolute atomic E-state index is 0. The Morgan fingerprint density at radius 3 is 2.43 bits per heavy atom. The molecule has 0 spiro atoms. The summed E-state index contributed by atoms with van der Waals surface area (Å²) < 4.78 is 0. The van der Waals surface area contributed by atoms with Crippen LogP contribution in [0.1, 0.15) is 55.0 Å². The first-order valence-corrected chi connectivity index (χ1v) is 14.2. The molecule has 0 aliphatic heterocycles. The summed E-state index contributed by atoms with van der Waals surface area (Å²) in [7, 11) is -1.69. The van der Waals surface area contributed by atoms with Gasteiger partial charge in [-0.3, -0.25) is 0 Å². The quantitative estimate of drug-likeness (QED) is 0.534. The molecule has 3 aromatic rings. The maximum Gasteiger partial charge on any atom is 1.00 e. The summed E-state index contributed by atoms with van der Waals surface area (Å²) in [6.07, 6.45) is 8.77. The van der Waals surface area contributed by atoms with Crippen molar-refractivity contribution >= 4 is 30.5 Å². The van der Waals surface area contributed by atoms with E-state index in [1.54, 1.807) is 16.7 Å². The Bertz CT molecular complexity index is 1160. The Morgan fingerprint density at radius 2 is 1.63 bits per heavy atom. The van der Waals surface area contributed by atoms with Gasteiger partial charge in [-0.25, -0.2) is 0 Å². The van der Waals surface area contributed by atoms with Crippen molar-refractivity contribution in [3.63, 3.8) is 0 Å². The molecule has 0 nitrogen and oxygen atoms in total. The van der Waals surface area contributed by atoms with Gasteiger partial charge < -0.3 is 1.43 Å². The monoisotopic (exact) mass is 402 g/mol. The minimum Gasteiger partial charge on any atom is -1.00 e. The Kier molecular flexibility index (Phi) is 5.75. The Balaban J connectivity index is 0.00000136. The van der Waals surface area contributed by atoms with E-state index < -0.39 is 8.07 Å². The van der Waals surface area contributed by atoms with E-state index in [0.29, 0.717) is 17.0 Å². The molecule has 0 heterocycles. The third-order valence-corrected chi connectivity index (χ3v) is 11.7. The van der Waals surface area contributed by atoms with Crippen LogP contribution in [0.2, 0.25) is 13.1 Å². The summed E-state index contributed by atoms with van der Waals surface area (Å²) in [4.78, 5) is 0. The zero-order valence-corrected chi connectivity index (χ0v) is 19.9. The van der Waals surface area contributed by atoms with Crippen molar-refractivity contribution in [1.82, 2.24) is 0 Å². The Hall–Kier alpha value is -1.79. The molecular formula is C28H31LiSi. The summed E-state index contributed by atoms with van der Waals surface area (Å²) in [5.74, 6) is 0.626. The van der Waals surface area contributed by atoms with E-state index >= 15 is 0 Å². The number of allylic oxidation sites excluding steroid dienone is 3. The van der Waals surface area contributed by atoms with Gasteiger partial charge >= 0.3 is 18.9 Å². The van der Waals surface area contributed by atoms with Crippen LogP contribution in [-0.4, -0.2) is 8.07 Å². The van der Waals surface area contributed by atoms with Crippen LogP contribution in [0.4, 0.5) is 0 Å². The van der Waals surface area contributed by atoms with E-state index in [-0.39, 0.29) is 20.3 Å². The zero-order chi connectivity index (χ0) is 20.2. The first kappa shape index (κ1) is 21.4. The standard InChI is InChI=1S/C28H30Si.Li.H/c1-5-19(2)26-18-28(24-13-9-8-12-22(24)26)29(3,4)27-17-16-23-21-11-7-6-10-20(21)14-15-25(23)27;;/h6-19,27-28H,5H2,1-4H3;;/q;+1;-1. The predicted molar refractivity (Wildman–Crippen MR) is 131 cm³/mol. The first-order valence-electron chi connectivity index (χ1n) is 11.0. The fourth-order valence-electron chi connectivity index (χ4n) is 5.56. The van der Waals surface area contributed by atoms with E-state index in [1.165, 1.54) is 28.3 Å². The van der Waals surface area contributed by atoms with E-state index in [2.05, 4.69) is 106 Å². The minimum atomic E-state index is -1.69. The molecule has 0 amide bonds. The molecule has 0 N–H and O–H groups in total. The molecule has 30 heavy (non-hydrogen) atoms. The molecule has 148 valence electrons. The van der Waals surface area contributed by atoms with Gasteiger partial charge in [-0.1, -0.05) is 106 Å². The van der Waals surface area contributed by atoms with Gasteiger partial charge in [0.2, 0.25) is 0 Å². The smallest absolute Gasteiger partial charge is 1.00 e. The summed E-state index contributed by atoms with van der Waals surface area (Å²) in [5, 5.41) is 2.75. The fraction of sp³-hybridized carbons (Fsp3) is 0.286. The second-order valence-electron chi connectivity index (χ2n) is 9.44. The van der Waals surface area contributed by atoms with Gasteiger partial charge in [-0.15, -0.1) is 0 Å². The van der Waals surface area contributed by atoms with E-state index in [1.807, 2.05) is 0 Å². The van der Waals surface area contributed by atoms with Gasteiger partial charge in [-0.2, -0.15) is 0 Å². The first-order chi connectivity index (χ1) is 14.0. The molecule has 2 aliphatic carbocycles. The Morgan fingerprint density at radius 1 is 0.900 bits per heavy atom. The molecule has 5 rings (SSSR count). The van der Waals surface area contributed by atoms with Crippen molar-refractivity contribution in [2.24, 2.45) is 5.92 Å². The fourth-order valence-corrected chi connectivity index (χ4v) is 9.26. The van der Waals surface area contributed by atoms with Gasteiger partial charge in [0.1, 0.15) is 0 Å². The summed E-state index contributed by atoms with van der Waals surface area (Å²) in [6.45, 7) is 9.90. The van der Waals surface area contributed by atoms with Crippen LogP contribution in [-0.2, 0) is 0 Å². The number of hydrogen-bond acceptors (Lipinski definition) is 0. The van der Waals surface area contributed by atoms with E-state index in [4.69, 9.17) is 0 Å². The third-order valence-electron chi connectivity index (χ3n) is 7.49. The third kappa shape index (κ3) is 3.20. The Labute approximate surface area is 195 Å². The van der Waals surface area contributed by atoms with Crippen molar-refractivity contribution in [2.45, 2.75) is 44.4 Å². The largest absolute Gasteiger partial charge is 1.00 e. The normalized spacial score (nSPS) is 20.5. The second kappa shape index (κ2) is 8.04. The van der Waals surface area contributed by atoms with Crippen molar-refractivity contribution in [3.8, 4) is 0 Å². The molecule has 2 heteroatoms. The zero-order valence-electron chi connectivity index (χ0n) is 19.9. The summed E-state index contributed by atoms with van der Waals surface area (Å²) in [5.41, 5.74) is 8.79. The predicted octanol–water partition coefficient (Wildman–Crippen LogP) is 5.08. The van der Waals surface area contributed by atoms with Crippen molar-refractivity contribution < 1.29 is 20.3 Å². The molecule has 0 fully saturated rings. The van der Waals surface area contributed by atoms with E-state index in [9.17, 15) is 0 Å². The van der Waals surface area contributed by atoms with Crippen LogP contribution in [0.15, 0.2) is 72.8 Å². The summed E-state index contributed by atoms with van der Waals surface area (Å²) in [6, 6.07) is 22.7. The van der Waals surface area contributed by atoms with E-state index in [0.717, 1.165) is 0 Å². The number of benzene rings is 3. The molecular weight excluding hydrogens is 371 g/mol. The molecule has 3 atom stereocenters. The molecule has 3 aromatic carbocycles. The van der Waals surface area contributed by atoms with Gasteiger partial charge in [0, 0.05) is 0 Å². The molecule has 2 aliphatic rings. The van der Waals surface area contributed by atoms with Gasteiger partial charge in [0.15, 0.2) is 0 Å². The molecule has 0 saturated carbocycles. The van der Waals surface area contributed by atoms with Crippen LogP contribution in [0.5, 0.6) is 0 Å². The van der Waals surface area contributed by atoms with Crippen LogP contribution >= 0.6 is 0 Å². The molecule has 0 aromatic heterocycles. The maximum absolute atomic E-state index is 2.65. The van der Waals surface area contributed by atoms with Crippen LogP contribution in [0.25, 0.3) is 22.4 Å². The number of fused-ring (bicyclic) bond motifs is 4. The average Bonchev–Trinajstić information content (AvgIpc) is 3.36. The van der Waals surface area contributed by atoms with Crippen LogP contribution in [0, 0.1) is 5.92 Å². The van der Waals surface area contributed by atoms with Crippen molar-refractivity contribution in [2.75, 3.05) is 0 Å². The molecule has 0 saturated heterocycles. The summed E-state index contributed by atoms with van der Waals surface area (Å²) >= 11 is 0. The van der Waals surface area contributed by atoms with Gasteiger partial charge in [0.25, 0.3) is 0 Å². The second-order valence-corrected chi connectivity index (χ2v) is 14.3. The SMILES string of the molecule is CCC(C)C1=CC([Si](C)(C)C2C=Cc3c2ccc2ccccc32)c2ccccc21.[H-].[Li+]. The molecule has 0 bridgehead atoms. The van der Waals surface area contributed by atoms with Crippen molar-refractivity contribution in [1.29, 1.82) is 0 Å². The molecule has 0 radical (unpaired) electrons. The van der Waals surface area contributed by atoms with Crippen molar-refractivity contribution in [3.05, 3.63) is 95.1 Å². The molecule has 3 unspecified atom stereocenters. The maximum atomic E-state index is 2.65. The van der Waals surface area contributed by atoms with Crippen LogP contribution < -0.4 is 18.9 Å². The van der Waals surface area contributed by atoms with Gasteiger partial charge in [-0.05, 0) is 62.0 Å². The topological polar surface area (TPSA) is 0 Å². The van der Waals surface area contributed by atoms with Gasteiger partial charge in [0.05, 0.1) is 8.07 Å². The van der Waals surface area contributed by atoms with Crippen LogP contribution in [0.3, 0.4) is 0 Å². The average molecular weight is 403 g/mol.